The zero-order chi connectivity index (χ0) is 59.5. The second-order valence-electron chi connectivity index (χ2n) is 20.9. The van der Waals surface area contributed by atoms with E-state index in [9.17, 15) is 37.5 Å². The molecule has 1 fully saturated rings. The molecule has 6 atom stereocenters. The van der Waals surface area contributed by atoms with Crippen molar-refractivity contribution in [2.75, 3.05) is 58.5 Å². The van der Waals surface area contributed by atoms with Gasteiger partial charge in [-0.2, -0.15) is 0 Å². The Labute approximate surface area is 493 Å². The number of thiophene rings is 1. The number of nitrogens with one attached hydrogen (secondary N) is 2. The van der Waals surface area contributed by atoms with Crippen molar-refractivity contribution in [1.82, 2.24) is 35.3 Å². The summed E-state index contributed by atoms with van der Waals surface area (Å²) in [6.45, 7) is 15.4. The molecule has 7 rings (SSSR count). The number of nitrogens with two attached hydrogens (primary N) is 1. The van der Waals surface area contributed by atoms with Crippen LogP contribution in [0.1, 0.15) is 98.0 Å². The lowest BCUT2D eigenvalue weighted by Crippen LogP contribution is -2.58. The van der Waals surface area contributed by atoms with Crippen LogP contribution in [0.15, 0.2) is 59.0 Å². The van der Waals surface area contributed by atoms with Crippen LogP contribution in [0.25, 0.3) is 15.4 Å². The van der Waals surface area contributed by atoms with Gasteiger partial charge in [-0.15, -0.1) is 32.9 Å². The van der Waals surface area contributed by atoms with Gasteiger partial charge in [0.05, 0.1) is 78.8 Å². The van der Waals surface area contributed by atoms with E-state index in [-0.39, 0.29) is 57.9 Å². The fourth-order valence-corrected chi connectivity index (χ4v) is 15.2. The largest absolute Gasteiger partial charge is 0.508 e. The van der Waals surface area contributed by atoms with E-state index in [1.807, 2.05) is 38.1 Å². The maximum absolute atomic E-state index is 14.6. The van der Waals surface area contributed by atoms with Gasteiger partial charge in [0.25, 0.3) is 0 Å². The summed E-state index contributed by atoms with van der Waals surface area (Å²) < 4.78 is 57.2. The molecule has 0 spiro atoms. The van der Waals surface area contributed by atoms with Crippen molar-refractivity contribution in [1.29, 1.82) is 0 Å². The number of nitrogens with zero attached hydrogens (tertiary/aromatic N) is 6. The number of benzene rings is 2. The molecule has 2 aliphatic rings. The first kappa shape index (κ1) is 63.7. The van der Waals surface area contributed by atoms with Gasteiger partial charge in [-0.3, -0.25) is 28.7 Å². The van der Waals surface area contributed by atoms with E-state index in [1.165, 1.54) is 27.6 Å². The molecule has 2 unspecified atom stereocenters. The molecule has 0 saturated carbocycles. The number of thiazole rings is 1. The highest BCUT2D eigenvalue weighted by molar-refractivity contribution is 8.72. The van der Waals surface area contributed by atoms with E-state index >= 15 is 0 Å². The lowest BCUT2D eigenvalue weighted by Gasteiger charge is -2.35. The number of rotatable bonds is 27. The fraction of sp³-hybridized carbons (Fsp3) is 0.509. The molecule has 0 radical (unpaired) electrons. The third-order valence-electron chi connectivity index (χ3n) is 13.6. The number of carbonyl (C=O) groups is 5. The SMILES string of the molecule is Cc1ncsc1-c1ccc(CNC(=O)[C@@H]2C[C@@H](OC(=O)OC(C)C(C)SS(=O)(=O)CCc3sc4c(c3C)C(c3ccc(Cl)cc3)=N[C@@H](CC(=O)O)c3nnc(C)n3-4)CN2C(=O)[C@@H](NC(=O)COCCOCCOCCN)C(C)(C)C)cc1. The Balaban J connectivity index is 0.996. The van der Waals surface area contributed by atoms with Crippen LogP contribution >= 0.6 is 45.1 Å². The highest BCUT2D eigenvalue weighted by Crippen LogP contribution is 2.41. The van der Waals surface area contributed by atoms with Gasteiger partial charge in [-0.05, 0) is 86.1 Å². The van der Waals surface area contributed by atoms with Crippen LogP contribution in [-0.2, 0) is 64.7 Å². The molecule has 3 aromatic heterocycles. The Morgan fingerprint density at radius 3 is 2.26 bits per heavy atom. The topological polar surface area (TPSA) is 295 Å². The van der Waals surface area contributed by atoms with E-state index in [0.717, 1.165) is 32.1 Å². The number of hydrogen-bond donors (Lipinski definition) is 4. The third-order valence-corrected chi connectivity index (χ3v) is 20.1. The number of likely N-dealkylation sites (tertiary alicyclic amines) is 1. The Hall–Kier alpha value is -5.84. The molecule has 22 nitrogen and oxygen atoms in total. The highest BCUT2D eigenvalue weighted by atomic mass is 35.5. The minimum atomic E-state index is -3.87. The molecule has 5 heterocycles. The monoisotopic (exact) mass is 1230 g/mol. The van der Waals surface area contributed by atoms with Crippen molar-refractivity contribution < 1.29 is 61.2 Å². The van der Waals surface area contributed by atoms with Gasteiger partial charge in [-0.1, -0.05) is 68.8 Å². The third kappa shape index (κ3) is 16.7. The number of aromatic nitrogens is 4. The van der Waals surface area contributed by atoms with Gasteiger partial charge >= 0.3 is 12.1 Å². The standard InChI is InChI=1S/C55H70ClN9O13S4/c1-31-43(80-53-46(31)47(37-13-15-39(56)16-14-37)60-41(26-45(67)68)50-63-62-35(5)65(50)53)17-24-82(72,73)81-34(4)33(3)77-54(71)78-40-25-42(51(69)58-27-36-9-11-38(12-10-36)48-32(2)59-30-79-48)64(28-40)52(70)49(55(6,7)8)61-44(66)29-76-23-22-75-21-20-74-19-18-57/h9-16,30,33-34,40-42,49H,17-29,57H2,1-8H3,(H,58,69)(H,61,66)(H,67,68)/t33?,34?,40-,41+,42+,49-/m1/s1. The number of amides is 3. The number of carbonyl (C=O) groups excluding carboxylic acids is 4. The number of aliphatic carboxylic acids is 1. The van der Waals surface area contributed by atoms with Crippen LogP contribution in [-0.4, -0.2) is 162 Å². The van der Waals surface area contributed by atoms with Crippen molar-refractivity contribution >= 4 is 89.5 Å². The molecule has 2 aliphatic heterocycles. The van der Waals surface area contributed by atoms with E-state index in [1.54, 1.807) is 75.9 Å². The van der Waals surface area contributed by atoms with Crippen LogP contribution in [0.2, 0.25) is 5.02 Å². The predicted molar refractivity (Wildman–Crippen MR) is 313 cm³/mol. The molecule has 82 heavy (non-hydrogen) atoms. The van der Waals surface area contributed by atoms with E-state index < -0.39 is 79.7 Å². The smallest absolute Gasteiger partial charge is 0.481 e. The number of carboxylic acids is 1. The molecule has 3 amide bonds. The van der Waals surface area contributed by atoms with E-state index in [0.29, 0.717) is 75.7 Å². The number of hydrogen-bond acceptors (Lipinski definition) is 20. The van der Waals surface area contributed by atoms with Gasteiger partial charge in [-0.25, -0.2) is 18.2 Å². The number of aryl methyl sites for hydroxylation is 3. The second kappa shape index (κ2) is 28.6. The summed E-state index contributed by atoms with van der Waals surface area (Å²) in [4.78, 5) is 80.0. The maximum atomic E-state index is 14.6. The Morgan fingerprint density at radius 1 is 0.939 bits per heavy atom. The zero-order valence-electron chi connectivity index (χ0n) is 47.0. The van der Waals surface area contributed by atoms with Crippen molar-refractivity contribution in [3.05, 3.63) is 104 Å². The number of fused-ring (bicyclic) bond motifs is 3. The average molecular weight is 1230 g/mol. The van der Waals surface area contributed by atoms with Crippen LogP contribution in [0.5, 0.6) is 0 Å². The molecule has 1 saturated heterocycles. The number of ether oxygens (including phenoxy) is 5. The van der Waals surface area contributed by atoms with Crippen molar-refractivity contribution in [3.8, 4) is 15.4 Å². The van der Waals surface area contributed by atoms with Crippen LogP contribution < -0.4 is 16.4 Å². The van der Waals surface area contributed by atoms with Gasteiger partial charge in [0, 0.05) is 40.5 Å². The number of aliphatic imine (C=N–C) groups is 1. The van der Waals surface area contributed by atoms with Crippen LogP contribution in [0.4, 0.5) is 4.79 Å². The van der Waals surface area contributed by atoms with Crippen molar-refractivity contribution in [3.63, 3.8) is 0 Å². The van der Waals surface area contributed by atoms with Gasteiger partial charge in [0.2, 0.25) is 26.6 Å². The Kier molecular flexibility index (Phi) is 22.3. The van der Waals surface area contributed by atoms with Crippen molar-refractivity contribution in [2.24, 2.45) is 16.1 Å². The lowest BCUT2D eigenvalue weighted by molar-refractivity contribution is -0.144. The highest BCUT2D eigenvalue weighted by Gasteiger charge is 2.46. The molecule has 5 N–H and O–H groups in total. The van der Waals surface area contributed by atoms with Gasteiger partial charge < -0.3 is 50.1 Å². The fourth-order valence-electron chi connectivity index (χ4n) is 9.20. The first-order valence-electron chi connectivity index (χ1n) is 26.6. The summed E-state index contributed by atoms with van der Waals surface area (Å²) in [7, 11) is -3.22. The molecule has 5 aromatic rings. The molecule has 2 aromatic carbocycles. The van der Waals surface area contributed by atoms with Crippen LogP contribution in [0, 0.1) is 26.2 Å². The van der Waals surface area contributed by atoms with E-state index in [4.69, 9.17) is 46.0 Å². The minimum Gasteiger partial charge on any atom is -0.481 e. The lowest BCUT2D eigenvalue weighted by atomic mass is 9.85. The number of halogens is 1. The molecule has 444 valence electrons. The summed E-state index contributed by atoms with van der Waals surface area (Å²) in [5.74, 6) is -2.15. The summed E-state index contributed by atoms with van der Waals surface area (Å²) in [6, 6.07) is 11.6. The molecular formula is C55H70ClN9O13S4. The summed E-state index contributed by atoms with van der Waals surface area (Å²) in [6.07, 6.45) is -3.45. The zero-order valence-corrected chi connectivity index (χ0v) is 51.0. The minimum absolute atomic E-state index is 0.103. The summed E-state index contributed by atoms with van der Waals surface area (Å²) in [5.41, 5.74) is 11.7. The van der Waals surface area contributed by atoms with Crippen molar-refractivity contribution in [2.45, 2.75) is 117 Å². The maximum Gasteiger partial charge on any atom is 0.508 e. The summed E-state index contributed by atoms with van der Waals surface area (Å²) in [5, 5.41) is 24.6. The first-order chi connectivity index (χ1) is 38.9. The van der Waals surface area contributed by atoms with Gasteiger partial charge in [0.1, 0.15) is 47.8 Å². The quantitative estimate of drug-likeness (QED) is 0.0240. The second-order valence-corrected chi connectivity index (χ2v) is 27.8. The Bertz CT molecular complexity index is 3200. The molecule has 0 aliphatic carbocycles. The predicted octanol–water partition coefficient (Wildman–Crippen LogP) is 6.76. The normalized spacial score (nSPS) is 17.2. The Morgan fingerprint density at radius 2 is 1.61 bits per heavy atom. The van der Waals surface area contributed by atoms with Gasteiger partial charge in [0.15, 0.2) is 5.82 Å². The van der Waals surface area contributed by atoms with E-state index in [2.05, 4.69) is 25.8 Å². The first-order valence-corrected chi connectivity index (χ1v) is 31.8. The summed E-state index contributed by atoms with van der Waals surface area (Å²) >= 11 is 9.12. The average Bonchev–Trinajstić information content (AvgIpc) is 3.80. The molecule has 0 bridgehead atoms. The molecular weight excluding hydrogens is 1160 g/mol. The van der Waals surface area contributed by atoms with Crippen LogP contribution in [0.3, 0.4) is 0 Å². The molecule has 27 heteroatoms. The number of carboxylic acid groups (broad SMARTS) is 1.